The Hall–Kier alpha value is -2.43. The molecule has 2 fully saturated rings. The molecule has 130 valence electrons. The minimum Gasteiger partial charge on any atom is -0.341 e. The Morgan fingerprint density at radius 1 is 1.08 bits per heavy atom. The molecule has 1 saturated carbocycles. The third kappa shape index (κ3) is 3.50. The van der Waals surface area contributed by atoms with Gasteiger partial charge in [0.1, 0.15) is 0 Å². The second-order valence-corrected chi connectivity index (χ2v) is 7.02. The number of hydrogen-bond donors (Lipinski definition) is 0. The summed E-state index contributed by atoms with van der Waals surface area (Å²) in [5.74, 6) is 1.68. The summed E-state index contributed by atoms with van der Waals surface area (Å²) >= 11 is 0. The van der Waals surface area contributed by atoms with Crippen LogP contribution in [0, 0.1) is 12.8 Å². The molecule has 1 saturated heterocycles. The molecule has 0 N–H and O–H groups in total. The fourth-order valence-corrected chi connectivity index (χ4v) is 3.70. The second kappa shape index (κ2) is 6.82. The van der Waals surface area contributed by atoms with Crippen molar-refractivity contribution >= 4 is 11.9 Å². The minimum absolute atomic E-state index is 0.171. The maximum Gasteiger partial charge on any atom is 0.226 e. The van der Waals surface area contributed by atoms with Crippen molar-refractivity contribution in [1.82, 2.24) is 14.9 Å². The molecule has 1 aromatic heterocycles. The van der Waals surface area contributed by atoms with E-state index in [0.717, 1.165) is 50.7 Å². The van der Waals surface area contributed by atoms with Crippen molar-refractivity contribution in [2.24, 2.45) is 5.92 Å². The van der Waals surface area contributed by atoms with Crippen LogP contribution in [0.25, 0.3) is 0 Å². The SMILES string of the molecule is Cc1ccnc(N2CCCN(C(=O)[C@@H]3C[C@H]3c3ccccc3)CC2)n1. The van der Waals surface area contributed by atoms with E-state index in [0.29, 0.717) is 11.8 Å². The van der Waals surface area contributed by atoms with Gasteiger partial charge in [-0.25, -0.2) is 9.97 Å². The molecule has 2 heterocycles. The van der Waals surface area contributed by atoms with Crippen LogP contribution in [-0.4, -0.2) is 47.0 Å². The van der Waals surface area contributed by atoms with Crippen LogP contribution in [0.2, 0.25) is 0 Å². The van der Waals surface area contributed by atoms with Crippen LogP contribution in [0.3, 0.4) is 0 Å². The smallest absolute Gasteiger partial charge is 0.226 e. The van der Waals surface area contributed by atoms with Crippen LogP contribution in [0.4, 0.5) is 5.95 Å². The van der Waals surface area contributed by atoms with E-state index < -0.39 is 0 Å². The first kappa shape index (κ1) is 16.1. The standard InChI is InChI=1S/C20H24N4O/c1-15-8-9-21-20(22-15)24-11-5-10-23(12-13-24)19(25)18-14-17(18)16-6-3-2-4-7-16/h2-4,6-9,17-18H,5,10-14H2,1H3/t17-,18+/m0/s1. The second-order valence-electron chi connectivity index (χ2n) is 7.02. The summed E-state index contributed by atoms with van der Waals surface area (Å²) in [6.07, 6.45) is 3.76. The first-order valence-corrected chi connectivity index (χ1v) is 9.11. The van der Waals surface area contributed by atoms with E-state index >= 15 is 0 Å². The zero-order chi connectivity index (χ0) is 17.2. The molecule has 25 heavy (non-hydrogen) atoms. The van der Waals surface area contributed by atoms with Gasteiger partial charge < -0.3 is 9.80 Å². The zero-order valence-corrected chi connectivity index (χ0v) is 14.6. The molecular weight excluding hydrogens is 312 g/mol. The van der Waals surface area contributed by atoms with Crippen LogP contribution >= 0.6 is 0 Å². The minimum atomic E-state index is 0.171. The number of nitrogens with zero attached hydrogens (tertiary/aromatic N) is 4. The highest BCUT2D eigenvalue weighted by Crippen LogP contribution is 2.48. The van der Waals surface area contributed by atoms with Gasteiger partial charge in [-0.05, 0) is 37.3 Å². The van der Waals surface area contributed by atoms with Crippen molar-refractivity contribution in [3.05, 3.63) is 53.9 Å². The molecule has 2 atom stereocenters. The summed E-state index contributed by atoms with van der Waals surface area (Å²) in [7, 11) is 0. The lowest BCUT2D eigenvalue weighted by atomic mass is 10.1. The van der Waals surface area contributed by atoms with Gasteiger partial charge in [-0.2, -0.15) is 0 Å². The van der Waals surface area contributed by atoms with Crippen LogP contribution in [0.1, 0.15) is 30.0 Å². The van der Waals surface area contributed by atoms with Crippen LogP contribution in [0.15, 0.2) is 42.6 Å². The van der Waals surface area contributed by atoms with E-state index in [1.165, 1.54) is 5.56 Å². The van der Waals surface area contributed by atoms with Crippen molar-refractivity contribution in [3.63, 3.8) is 0 Å². The van der Waals surface area contributed by atoms with E-state index in [9.17, 15) is 4.79 Å². The molecule has 2 aliphatic rings. The molecule has 1 aliphatic heterocycles. The molecule has 5 heteroatoms. The summed E-state index contributed by atoms with van der Waals surface area (Å²) in [5.41, 5.74) is 2.27. The Kier molecular flexibility index (Phi) is 4.38. The topological polar surface area (TPSA) is 49.3 Å². The Morgan fingerprint density at radius 2 is 1.92 bits per heavy atom. The predicted molar refractivity (Wildman–Crippen MR) is 97.5 cm³/mol. The van der Waals surface area contributed by atoms with Crippen molar-refractivity contribution in [2.75, 3.05) is 31.1 Å². The van der Waals surface area contributed by atoms with E-state index in [1.54, 1.807) is 6.20 Å². The van der Waals surface area contributed by atoms with E-state index in [4.69, 9.17) is 0 Å². The number of benzene rings is 1. The predicted octanol–water partition coefficient (Wildman–Crippen LogP) is 2.63. The molecule has 0 bridgehead atoms. The number of carbonyl (C=O) groups excluding carboxylic acids is 1. The number of amides is 1. The lowest BCUT2D eigenvalue weighted by molar-refractivity contribution is -0.132. The molecule has 1 aromatic carbocycles. The maximum atomic E-state index is 12.9. The molecule has 5 nitrogen and oxygen atoms in total. The number of anilines is 1. The highest BCUT2D eigenvalue weighted by atomic mass is 16.2. The van der Waals surface area contributed by atoms with E-state index in [2.05, 4.69) is 39.1 Å². The van der Waals surface area contributed by atoms with Crippen LogP contribution in [0.5, 0.6) is 0 Å². The monoisotopic (exact) mass is 336 g/mol. The lowest BCUT2D eigenvalue weighted by Gasteiger charge is -2.22. The number of hydrogen-bond acceptors (Lipinski definition) is 4. The molecule has 0 spiro atoms. The van der Waals surface area contributed by atoms with Gasteiger partial charge >= 0.3 is 0 Å². The molecule has 0 radical (unpaired) electrons. The maximum absolute atomic E-state index is 12.9. The van der Waals surface area contributed by atoms with Crippen LogP contribution in [-0.2, 0) is 4.79 Å². The largest absolute Gasteiger partial charge is 0.341 e. The van der Waals surface area contributed by atoms with Gasteiger partial charge in [0, 0.05) is 44.0 Å². The fraction of sp³-hybridized carbons (Fsp3) is 0.450. The van der Waals surface area contributed by atoms with Crippen molar-refractivity contribution in [1.29, 1.82) is 0 Å². The Bertz CT molecular complexity index is 748. The summed E-state index contributed by atoms with van der Waals surface area (Å²) < 4.78 is 0. The van der Waals surface area contributed by atoms with Gasteiger partial charge in [0.25, 0.3) is 0 Å². The highest BCUT2D eigenvalue weighted by molar-refractivity contribution is 5.83. The lowest BCUT2D eigenvalue weighted by Crippen LogP contribution is -2.36. The van der Waals surface area contributed by atoms with Gasteiger partial charge in [-0.15, -0.1) is 0 Å². The zero-order valence-electron chi connectivity index (χ0n) is 14.6. The number of aromatic nitrogens is 2. The van der Waals surface area contributed by atoms with Crippen molar-refractivity contribution < 1.29 is 4.79 Å². The third-order valence-electron chi connectivity index (χ3n) is 5.21. The van der Waals surface area contributed by atoms with Crippen LogP contribution < -0.4 is 4.90 Å². The van der Waals surface area contributed by atoms with Gasteiger partial charge in [-0.1, -0.05) is 30.3 Å². The quantitative estimate of drug-likeness (QED) is 0.864. The van der Waals surface area contributed by atoms with Gasteiger partial charge in [-0.3, -0.25) is 4.79 Å². The highest BCUT2D eigenvalue weighted by Gasteiger charge is 2.45. The van der Waals surface area contributed by atoms with Gasteiger partial charge in [0.05, 0.1) is 0 Å². The molecule has 1 aliphatic carbocycles. The first-order chi connectivity index (χ1) is 12.2. The number of rotatable bonds is 3. The average Bonchev–Trinajstić information content (AvgIpc) is 3.45. The summed E-state index contributed by atoms with van der Waals surface area (Å²) in [6, 6.07) is 12.3. The molecule has 1 amide bonds. The first-order valence-electron chi connectivity index (χ1n) is 9.11. The molecular formula is C20H24N4O. The number of aryl methyl sites for hydroxylation is 1. The third-order valence-corrected chi connectivity index (χ3v) is 5.21. The number of carbonyl (C=O) groups is 1. The fourth-order valence-electron chi connectivity index (χ4n) is 3.70. The molecule has 2 aromatic rings. The summed E-state index contributed by atoms with van der Waals surface area (Å²) in [5, 5.41) is 0. The van der Waals surface area contributed by atoms with Crippen molar-refractivity contribution in [2.45, 2.75) is 25.7 Å². The summed E-state index contributed by atoms with van der Waals surface area (Å²) in [4.78, 5) is 26.0. The van der Waals surface area contributed by atoms with Crippen molar-refractivity contribution in [3.8, 4) is 0 Å². The summed E-state index contributed by atoms with van der Waals surface area (Å²) in [6.45, 7) is 5.28. The Morgan fingerprint density at radius 3 is 2.72 bits per heavy atom. The van der Waals surface area contributed by atoms with E-state index in [-0.39, 0.29) is 5.92 Å². The average molecular weight is 336 g/mol. The normalized spacial score (nSPS) is 23.2. The molecule has 0 unspecified atom stereocenters. The Balaban J connectivity index is 1.37. The van der Waals surface area contributed by atoms with Gasteiger partial charge in [0.15, 0.2) is 0 Å². The van der Waals surface area contributed by atoms with E-state index in [1.807, 2.05) is 24.0 Å². The molecule has 4 rings (SSSR count). The van der Waals surface area contributed by atoms with Gasteiger partial charge in [0.2, 0.25) is 11.9 Å². The Labute approximate surface area is 148 Å².